The van der Waals surface area contributed by atoms with Crippen molar-refractivity contribution >= 4 is 5.91 Å². The number of carbonyl (C=O) groups excluding carboxylic acids is 1. The molecular weight excluding hydrogens is 278 g/mol. The van der Waals surface area contributed by atoms with Crippen LogP contribution in [0.1, 0.15) is 38.3 Å². The van der Waals surface area contributed by atoms with Gasteiger partial charge in [-0.25, -0.2) is 0 Å². The summed E-state index contributed by atoms with van der Waals surface area (Å²) in [7, 11) is 0. The van der Waals surface area contributed by atoms with Crippen LogP contribution in [-0.2, 0) is 4.79 Å². The highest BCUT2D eigenvalue weighted by Gasteiger charge is 2.19. The number of carbonyl (C=O) groups is 1. The Labute approximate surface area is 123 Å². The second kappa shape index (κ2) is 8.56. The van der Waals surface area contributed by atoms with Crippen LogP contribution in [0, 0.1) is 5.92 Å². The zero-order chi connectivity index (χ0) is 15.8. The van der Waals surface area contributed by atoms with Gasteiger partial charge >= 0.3 is 6.61 Å². The third-order valence-corrected chi connectivity index (χ3v) is 3.25. The Bertz CT molecular complexity index is 455. The third-order valence-electron chi connectivity index (χ3n) is 3.25. The van der Waals surface area contributed by atoms with Crippen LogP contribution in [0.25, 0.3) is 0 Å². The number of rotatable bonds is 8. The summed E-state index contributed by atoms with van der Waals surface area (Å²) in [5.41, 5.74) is 5.94. The lowest BCUT2D eigenvalue weighted by molar-refractivity contribution is -0.125. The van der Waals surface area contributed by atoms with Gasteiger partial charge in [0.05, 0.1) is 6.04 Å². The number of hydrogen-bond donors (Lipinski definition) is 2. The van der Waals surface area contributed by atoms with E-state index in [0.717, 1.165) is 6.42 Å². The smallest absolute Gasteiger partial charge is 0.387 e. The van der Waals surface area contributed by atoms with Gasteiger partial charge < -0.3 is 15.8 Å². The molecule has 118 valence electrons. The highest BCUT2D eigenvalue weighted by molar-refractivity contribution is 5.78. The van der Waals surface area contributed by atoms with Gasteiger partial charge in [0.25, 0.3) is 0 Å². The first-order valence-corrected chi connectivity index (χ1v) is 6.99. The van der Waals surface area contributed by atoms with Crippen LogP contribution in [-0.4, -0.2) is 19.1 Å². The second-order valence-electron chi connectivity index (χ2n) is 4.98. The lowest BCUT2D eigenvalue weighted by atomic mass is 10.0. The Morgan fingerprint density at radius 1 is 1.33 bits per heavy atom. The van der Waals surface area contributed by atoms with Gasteiger partial charge in [0.15, 0.2) is 0 Å². The summed E-state index contributed by atoms with van der Waals surface area (Å²) in [6, 6.07) is 6.04. The fraction of sp³-hybridized carbons (Fsp3) is 0.533. The molecule has 2 atom stereocenters. The number of hydrogen-bond acceptors (Lipinski definition) is 3. The molecule has 1 aromatic rings. The van der Waals surface area contributed by atoms with E-state index in [1.807, 2.05) is 6.92 Å². The van der Waals surface area contributed by atoms with Gasteiger partial charge in [-0.1, -0.05) is 25.1 Å². The fourth-order valence-electron chi connectivity index (χ4n) is 2.03. The minimum atomic E-state index is -2.89. The molecule has 0 aliphatic carbocycles. The predicted molar refractivity (Wildman–Crippen MR) is 77.1 cm³/mol. The number of nitrogens with one attached hydrogen (secondary N) is 1. The van der Waals surface area contributed by atoms with Crippen LogP contribution in [0.4, 0.5) is 8.78 Å². The molecule has 0 heterocycles. The highest BCUT2D eigenvalue weighted by atomic mass is 19.3. The molecule has 0 saturated carbocycles. The van der Waals surface area contributed by atoms with Gasteiger partial charge in [0.1, 0.15) is 5.75 Å². The lowest BCUT2D eigenvalue weighted by Crippen LogP contribution is -2.32. The maximum atomic E-state index is 12.4. The summed E-state index contributed by atoms with van der Waals surface area (Å²) < 4.78 is 29.2. The molecule has 0 aliphatic heterocycles. The van der Waals surface area contributed by atoms with Gasteiger partial charge in [-0.05, 0) is 32.4 Å². The molecule has 4 nitrogen and oxygen atoms in total. The SMILES string of the molecule is CC(CCCN)C(=O)NC(C)c1ccccc1OC(F)F. The Hall–Kier alpha value is -1.69. The first-order chi connectivity index (χ1) is 9.95. The fourth-order valence-corrected chi connectivity index (χ4v) is 2.03. The first-order valence-electron chi connectivity index (χ1n) is 6.99. The molecule has 3 N–H and O–H groups in total. The van der Waals surface area contributed by atoms with Crippen molar-refractivity contribution < 1.29 is 18.3 Å². The van der Waals surface area contributed by atoms with Crippen LogP contribution in [0.3, 0.4) is 0 Å². The Morgan fingerprint density at radius 2 is 2.00 bits per heavy atom. The van der Waals surface area contributed by atoms with E-state index >= 15 is 0 Å². The van der Waals surface area contributed by atoms with Crippen LogP contribution in [0.15, 0.2) is 24.3 Å². The van der Waals surface area contributed by atoms with Crippen molar-refractivity contribution in [2.45, 2.75) is 39.3 Å². The molecule has 21 heavy (non-hydrogen) atoms. The van der Waals surface area contributed by atoms with Gasteiger partial charge in [-0.15, -0.1) is 0 Å². The third kappa shape index (κ3) is 5.67. The number of amides is 1. The first kappa shape index (κ1) is 17.4. The van der Waals surface area contributed by atoms with E-state index in [9.17, 15) is 13.6 Å². The topological polar surface area (TPSA) is 64.4 Å². The molecule has 1 aromatic carbocycles. The standard InChI is InChI=1S/C15H22F2N2O2/c1-10(6-5-9-18)14(20)19-11(2)12-7-3-4-8-13(12)21-15(16)17/h3-4,7-8,10-11,15H,5-6,9,18H2,1-2H3,(H,19,20). The molecule has 0 radical (unpaired) electrons. The molecular formula is C15H22F2N2O2. The van der Waals surface area contributed by atoms with Crippen molar-refractivity contribution in [2.75, 3.05) is 6.54 Å². The molecule has 2 unspecified atom stereocenters. The van der Waals surface area contributed by atoms with E-state index < -0.39 is 12.7 Å². The minimum absolute atomic E-state index is 0.0786. The van der Waals surface area contributed by atoms with E-state index in [2.05, 4.69) is 10.1 Å². The normalized spacial score (nSPS) is 13.8. The van der Waals surface area contributed by atoms with E-state index in [-0.39, 0.29) is 17.6 Å². The maximum absolute atomic E-state index is 12.4. The second-order valence-corrected chi connectivity index (χ2v) is 4.98. The van der Waals surface area contributed by atoms with E-state index in [4.69, 9.17) is 5.73 Å². The van der Waals surface area contributed by atoms with Crippen LogP contribution in [0.5, 0.6) is 5.75 Å². The minimum Gasteiger partial charge on any atom is -0.434 e. The average molecular weight is 300 g/mol. The molecule has 0 spiro atoms. The van der Waals surface area contributed by atoms with Crippen LogP contribution < -0.4 is 15.8 Å². The lowest BCUT2D eigenvalue weighted by Gasteiger charge is -2.20. The van der Waals surface area contributed by atoms with Crippen LogP contribution >= 0.6 is 0 Å². The van der Waals surface area contributed by atoms with Crippen molar-refractivity contribution in [3.8, 4) is 5.75 Å². The van der Waals surface area contributed by atoms with E-state index in [0.29, 0.717) is 18.5 Å². The Kier molecular flexibility index (Phi) is 7.08. The summed E-state index contributed by atoms with van der Waals surface area (Å²) in [6.07, 6.45) is 1.47. The molecule has 0 fully saturated rings. The number of halogens is 2. The van der Waals surface area contributed by atoms with Crippen molar-refractivity contribution in [3.63, 3.8) is 0 Å². The van der Waals surface area contributed by atoms with Gasteiger partial charge in [0, 0.05) is 11.5 Å². The maximum Gasteiger partial charge on any atom is 0.387 e. The zero-order valence-corrected chi connectivity index (χ0v) is 12.3. The van der Waals surface area contributed by atoms with Crippen molar-refractivity contribution in [1.29, 1.82) is 0 Å². The molecule has 1 amide bonds. The average Bonchev–Trinajstić information content (AvgIpc) is 2.44. The number of alkyl halides is 2. The number of nitrogens with two attached hydrogens (primary N) is 1. The Balaban J connectivity index is 2.70. The Morgan fingerprint density at radius 3 is 2.62 bits per heavy atom. The summed E-state index contributed by atoms with van der Waals surface area (Å²) in [5.74, 6) is -0.211. The van der Waals surface area contributed by atoms with Crippen molar-refractivity contribution in [1.82, 2.24) is 5.32 Å². The zero-order valence-electron chi connectivity index (χ0n) is 12.3. The van der Waals surface area contributed by atoms with E-state index in [1.54, 1.807) is 25.1 Å². The summed E-state index contributed by atoms with van der Waals surface area (Å²) in [6.45, 7) is 1.20. The molecule has 0 aromatic heterocycles. The molecule has 0 saturated heterocycles. The summed E-state index contributed by atoms with van der Waals surface area (Å²) >= 11 is 0. The number of ether oxygens (including phenoxy) is 1. The van der Waals surface area contributed by atoms with Crippen molar-refractivity contribution in [2.24, 2.45) is 11.7 Å². The number of para-hydroxylation sites is 1. The van der Waals surface area contributed by atoms with Gasteiger partial charge in [-0.2, -0.15) is 8.78 Å². The molecule has 6 heteroatoms. The van der Waals surface area contributed by atoms with E-state index in [1.165, 1.54) is 6.07 Å². The molecule has 0 aliphatic rings. The number of benzene rings is 1. The summed E-state index contributed by atoms with van der Waals surface area (Å²) in [4.78, 5) is 12.0. The van der Waals surface area contributed by atoms with Crippen LogP contribution in [0.2, 0.25) is 0 Å². The predicted octanol–water partition coefficient (Wildman–Crippen LogP) is 2.84. The van der Waals surface area contributed by atoms with Gasteiger partial charge in [0.2, 0.25) is 5.91 Å². The molecule has 1 rings (SSSR count). The quantitative estimate of drug-likeness (QED) is 0.776. The highest BCUT2D eigenvalue weighted by Crippen LogP contribution is 2.26. The van der Waals surface area contributed by atoms with Crippen molar-refractivity contribution in [3.05, 3.63) is 29.8 Å². The summed E-state index contributed by atoms with van der Waals surface area (Å²) in [5, 5.41) is 2.81. The van der Waals surface area contributed by atoms with Gasteiger partial charge in [-0.3, -0.25) is 4.79 Å². The largest absolute Gasteiger partial charge is 0.434 e. The molecule has 0 bridgehead atoms. The monoisotopic (exact) mass is 300 g/mol.